The number of benzene rings is 2. The van der Waals surface area contributed by atoms with Gasteiger partial charge in [0.2, 0.25) is 6.79 Å². The van der Waals surface area contributed by atoms with E-state index in [0.717, 1.165) is 19.3 Å². The molecule has 0 atom stereocenters. The molecule has 0 unspecified atom stereocenters. The lowest BCUT2D eigenvalue weighted by Crippen LogP contribution is -2.28. The Morgan fingerprint density at radius 1 is 1.17 bits per heavy atom. The van der Waals surface area contributed by atoms with Crippen LogP contribution < -0.4 is 26.1 Å². The number of aryl methyl sites for hydroxylation is 1. The number of hydrogen-bond acceptors (Lipinski definition) is 6. The van der Waals surface area contributed by atoms with E-state index < -0.39 is 5.91 Å². The van der Waals surface area contributed by atoms with Crippen LogP contribution in [0.3, 0.4) is 0 Å². The summed E-state index contributed by atoms with van der Waals surface area (Å²) in [5, 5.41) is 8.11. The van der Waals surface area contributed by atoms with Crippen molar-refractivity contribution in [3.05, 3.63) is 52.4 Å². The molecule has 3 N–H and O–H groups in total. The van der Waals surface area contributed by atoms with Crippen LogP contribution in [0, 0.1) is 0 Å². The molecule has 3 aromatic rings. The number of carbonyl (C=O) groups excluding carboxylic acids is 1. The van der Waals surface area contributed by atoms with Crippen molar-refractivity contribution in [3.63, 3.8) is 0 Å². The monoisotopic (exact) mass is 430 g/mol. The zero-order chi connectivity index (χ0) is 20.4. The summed E-state index contributed by atoms with van der Waals surface area (Å²) in [5.41, 5.74) is 6.77. The number of hydrogen-bond donors (Lipinski definition) is 2. The number of halogens is 1. The second-order valence-electron chi connectivity index (χ2n) is 6.88. The highest BCUT2D eigenvalue weighted by atomic mass is 35.5. The van der Waals surface area contributed by atoms with Gasteiger partial charge in [0.05, 0.1) is 16.8 Å². The van der Waals surface area contributed by atoms with Crippen molar-refractivity contribution in [1.82, 2.24) is 9.78 Å². The van der Waals surface area contributed by atoms with Gasteiger partial charge in [-0.25, -0.2) is 4.68 Å². The molecule has 2 heterocycles. The minimum Gasteiger partial charge on any atom is -0.454 e. The summed E-state index contributed by atoms with van der Waals surface area (Å²) in [6.45, 7) is 2.66. The number of nitrogen functional groups attached to an aromatic ring is 1. The molecule has 8 nitrogen and oxygen atoms in total. The maximum atomic E-state index is 13.1. The molecule has 0 saturated carbocycles. The van der Waals surface area contributed by atoms with Crippen molar-refractivity contribution >= 4 is 40.5 Å². The third-order valence-electron chi connectivity index (χ3n) is 4.85. The van der Waals surface area contributed by atoms with Crippen LogP contribution in [0.5, 0.6) is 11.5 Å². The minimum absolute atomic E-state index is 0. The van der Waals surface area contributed by atoms with Crippen LogP contribution in [0.4, 0.5) is 11.4 Å². The highest BCUT2D eigenvalue weighted by Crippen LogP contribution is 2.38. The van der Waals surface area contributed by atoms with E-state index in [1.165, 1.54) is 4.68 Å². The van der Waals surface area contributed by atoms with Gasteiger partial charge in [0, 0.05) is 24.1 Å². The molecule has 0 saturated heterocycles. The molecule has 1 aliphatic heterocycles. The van der Waals surface area contributed by atoms with E-state index in [4.69, 9.17) is 15.2 Å². The average Bonchev–Trinajstić information content (AvgIpc) is 3.17. The molecule has 0 spiro atoms. The molecule has 4 rings (SSSR count). The molecule has 158 valence electrons. The Kier molecular flexibility index (Phi) is 6.47. The van der Waals surface area contributed by atoms with Crippen LogP contribution in [0.2, 0.25) is 0 Å². The van der Waals surface area contributed by atoms with E-state index in [9.17, 15) is 9.59 Å². The van der Waals surface area contributed by atoms with Crippen molar-refractivity contribution in [2.75, 3.05) is 17.8 Å². The summed E-state index contributed by atoms with van der Waals surface area (Å²) < 4.78 is 12.0. The second kappa shape index (κ2) is 9.04. The quantitative estimate of drug-likeness (QED) is 0.457. The number of nitrogens with one attached hydrogen (secondary N) is 1. The smallest absolute Gasteiger partial charge is 0.276 e. The van der Waals surface area contributed by atoms with Crippen LogP contribution in [-0.4, -0.2) is 22.5 Å². The lowest BCUT2D eigenvalue weighted by atomic mass is 10.1. The first kappa shape index (κ1) is 21.4. The summed E-state index contributed by atoms with van der Waals surface area (Å²) in [5.74, 6) is 0.599. The number of nitrogens with two attached hydrogens (primary N) is 1. The number of aromatic nitrogens is 2. The predicted molar refractivity (Wildman–Crippen MR) is 118 cm³/mol. The number of nitrogens with zero attached hydrogens (tertiary/aromatic N) is 2. The van der Waals surface area contributed by atoms with Crippen LogP contribution >= 0.6 is 12.4 Å². The number of fused-ring (bicyclic) bond motifs is 2. The third-order valence-corrected chi connectivity index (χ3v) is 4.85. The van der Waals surface area contributed by atoms with Crippen molar-refractivity contribution in [2.24, 2.45) is 0 Å². The SMILES string of the molecule is CCCCCn1nc(C(=O)Nc2cc3c(cc2N)OCO3)c2ccccc2c1=O.Cl. The van der Waals surface area contributed by atoms with E-state index in [2.05, 4.69) is 17.3 Å². The number of amides is 1. The van der Waals surface area contributed by atoms with Gasteiger partial charge in [-0.15, -0.1) is 12.4 Å². The molecule has 1 aliphatic rings. The Bertz CT molecular complexity index is 1150. The molecule has 0 bridgehead atoms. The summed E-state index contributed by atoms with van der Waals surface area (Å²) in [6, 6.07) is 10.2. The first-order valence-corrected chi connectivity index (χ1v) is 9.59. The molecule has 2 aromatic carbocycles. The topological polar surface area (TPSA) is 108 Å². The number of ether oxygens (including phenoxy) is 2. The van der Waals surface area contributed by atoms with Gasteiger partial charge in [-0.3, -0.25) is 9.59 Å². The lowest BCUT2D eigenvalue weighted by Gasteiger charge is -2.12. The molecule has 1 amide bonds. The Labute approximate surface area is 179 Å². The highest BCUT2D eigenvalue weighted by Gasteiger charge is 2.20. The molecule has 9 heteroatoms. The maximum absolute atomic E-state index is 13.1. The highest BCUT2D eigenvalue weighted by molar-refractivity contribution is 6.12. The summed E-state index contributed by atoms with van der Waals surface area (Å²) >= 11 is 0. The summed E-state index contributed by atoms with van der Waals surface area (Å²) in [7, 11) is 0. The van der Waals surface area contributed by atoms with Crippen molar-refractivity contribution in [3.8, 4) is 11.5 Å². The predicted octanol–water partition coefficient (Wildman–Crippen LogP) is 3.57. The van der Waals surface area contributed by atoms with Gasteiger partial charge in [0.25, 0.3) is 11.5 Å². The van der Waals surface area contributed by atoms with Crippen LogP contribution in [0.1, 0.15) is 36.7 Å². The fourth-order valence-corrected chi connectivity index (χ4v) is 3.31. The van der Waals surface area contributed by atoms with Gasteiger partial charge >= 0.3 is 0 Å². The Morgan fingerprint density at radius 3 is 2.60 bits per heavy atom. The number of carbonyl (C=O) groups is 1. The average molecular weight is 431 g/mol. The van der Waals surface area contributed by atoms with Crippen LogP contribution in [0.25, 0.3) is 10.8 Å². The van der Waals surface area contributed by atoms with Gasteiger partial charge in [-0.1, -0.05) is 38.0 Å². The molecule has 30 heavy (non-hydrogen) atoms. The first-order valence-electron chi connectivity index (χ1n) is 9.59. The standard InChI is InChI=1S/C21H22N4O4.ClH/c1-2-3-6-9-25-21(27)14-8-5-4-7-13(14)19(24-25)20(26)23-16-11-18-17(10-15(16)22)28-12-29-18;/h4-5,7-8,10-11H,2-3,6,9,12,22H2,1H3,(H,23,26);1H. The molecular weight excluding hydrogens is 408 g/mol. The van der Waals surface area contributed by atoms with Crippen molar-refractivity contribution in [1.29, 1.82) is 0 Å². The second-order valence-corrected chi connectivity index (χ2v) is 6.88. The van der Waals surface area contributed by atoms with E-state index in [1.54, 1.807) is 36.4 Å². The normalized spacial score (nSPS) is 11.9. The zero-order valence-electron chi connectivity index (χ0n) is 16.5. The number of anilines is 2. The Morgan fingerprint density at radius 2 is 1.87 bits per heavy atom. The Hall–Kier alpha value is -3.26. The van der Waals surface area contributed by atoms with Crippen LogP contribution in [0.15, 0.2) is 41.2 Å². The minimum atomic E-state index is -0.448. The van der Waals surface area contributed by atoms with Gasteiger partial charge in [-0.2, -0.15) is 5.10 Å². The number of unbranched alkanes of at least 4 members (excludes halogenated alkanes) is 2. The first-order chi connectivity index (χ1) is 14.1. The van der Waals surface area contributed by atoms with Crippen LogP contribution in [-0.2, 0) is 6.54 Å². The van der Waals surface area contributed by atoms with Crippen molar-refractivity contribution in [2.45, 2.75) is 32.7 Å². The molecule has 0 fully saturated rings. The molecule has 0 radical (unpaired) electrons. The van der Waals surface area contributed by atoms with E-state index in [-0.39, 0.29) is 30.5 Å². The fourth-order valence-electron chi connectivity index (χ4n) is 3.31. The van der Waals surface area contributed by atoms with E-state index >= 15 is 0 Å². The van der Waals surface area contributed by atoms with Gasteiger partial charge in [0.1, 0.15) is 0 Å². The largest absolute Gasteiger partial charge is 0.454 e. The van der Waals surface area contributed by atoms with E-state index in [1.807, 2.05) is 0 Å². The maximum Gasteiger partial charge on any atom is 0.276 e. The Balaban J connectivity index is 0.00000256. The summed E-state index contributed by atoms with van der Waals surface area (Å²) in [4.78, 5) is 25.8. The van der Waals surface area contributed by atoms with Gasteiger partial charge < -0.3 is 20.5 Å². The third kappa shape index (κ3) is 4.04. The van der Waals surface area contributed by atoms with E-state index in [0.29, 0.717) is 40.2 Å². The fraction of sp³-hybridized carbons (Fsp3) is 0.286. The van der Waals surface area contributed by atoms with Crippen molar-refractivity contribution < 1.29 is 14.3 Å². The molecule has 0 aliphatic carbocycles. The molecular formula is C21H23ClN4O4. The zero-order valence-corrected chi connectivity index (χ0v) is 17.3. The van der Waals surface area contributed by atoms with Gasteiger partial charge in [-0.05, 0) is 12.5 Å². The van der Waals surface area contributed by atoms with Gasteiger partial charge in [0.15, 0.2) is 17.2 Å². The molecule has 1 aromatic heterocycles. The number of rotatable bonds is 6. The summed E-state index contributed by atoms with van der Waals surface area (Å²) in [6.07, 6.45) is 2.83. The lowest BCUT2D eigenvalue weighted by molar-refractivity contribution is 0.102.